The quantitative estimate of drug-likeness (QED) is 0.883. The summed E-state index contributed by atoms with van der Waals surface area (Å²) in [6, 6.07) is 11.4. The lowest BCUT2D eigenvalue weighted by atomic mass is 9.73. The standard InChI is InChI=1S/C23H25N3O2/c1-22(10-11-22)9-8-19(27)26-14-12-23(20(26)16-5-4-13-24-15-16)17-6-2-3-7-18(17)25-21(23)28/h2-7,13,15,20H,8-12,14H2,1H3,(H,25,28). The zero-order chi connectivity index (χ0) is 19.4. The van der Waals surface area contributed by atoms with E-state index in [1.54, 1.807) is 12.4 Å². The van der Waals surface area contributed by atoms with E-state index < -0.39 is 5.41 Å². The van der Waals surface area contributed by atoms with Crippen LogP contribution in [-0.4, -0.2) is 28.2 Å². The number of aromatic nitrogens is 1. The highest BCUT2D eigenvalue weighted by Gasteiger charge is 2.59. The van der Waals surface area contributed by atoms with Crippen LogP contribution in [0, 0.1) is 5.41 Å². The molecule has 1 saturated heterocycles. The third kappa shape index (κ3) is 2.56. The number of carbonyl (C=O) groups is 2. The first-order chi connectivity index (χ1) is 13.5. The van der Waals surface area contributed by atoms with Crippen LogP contribution in [0.25, 0.3) is 0 Å². The minimum absolute atomic E-state index is 0.00740. The summed E-state index contributed by atoms with van der Waals surface area (Å²) < 4.78 is 0. The van der Waals surface area contributed by atoms with Crippen LogP contribution in [0.2, 0.25) is 0 Å². The predicted molar refractivity (Wildman–Crippen MR) is 107 cm³/mol. The molecule has 1 aromatic carbocycles. The fourth-order valence-electron chi connectivity index (χ4n) is 4.97. The lowest BCUT2D eigenvalue weighted by molar-refractivity contribution is -0.133. The van der Waals surface area contributed by atoms with Crippen LogP contribution in [0.4, 0.5) is 5.69 Å². The Morgan fingerprint density at radius 1 is 1.21 bits per heavy atom. The molecular weight excluding hydrogens is 350 g/mol. The number of hydrogen-bond donors (Lipinski definition) is 1. The van der Waals surface area contributed by atoms with Gasteiger partial charge in [0.1, 0.15) is 5.41 Å². The van der Waals surface area contributed by atoms with Gasteiger partial charge in [-0.25, -0.2) is 0 Å². The molecule has 3 aliphatic rings. The van der Waals surface area contributed by atoms with E-state index in [0.29, 0.717) is 24.8 Å². The first kappa shape index (κ1) is 17.4. The van der Waals surface area contributed by atoms with E-state index in [-0.39, 0.29) is 17.9 Å². The Morgan fingerprint density at radius 2 is 2.04 bits per heavy atom. The molecule has 1 aliphatic carbocycles. The minimum atomic E-state index is -0.737. The summed E-state index contributed by atoms with van der Waals surface area (Å²) >= 11 is 0. The number of nitrogens with zero attached hydrogens (tertiary/aromatic N) is 2. The molecule has 0 radical (unpaired) electrons. The van der Waals surface area contributed by atoms with Gasteiger partial charge in [-0.15, -0.1) is 0 Å². The Hall–Kier alpha value is -2.69. The van der Waals surface area contributed by atoms with Crippen molar-refractivity contribution in [3.8, 4) is 0 Å². The lowest BCUT2D eigenvalue weighted by Crippen LogP contribution is -2.42. The molecule has 1 N–H and O–H groups in total. The van der Waals surface area contributed by atoms with Crippen molar-refractivity contribution in [2.24, 2.45) is 5.41 Å². The SMILES string of the molecule is CC1(CCC(=O)N2CCC3(C(=O)Nc4ccccc43)C2c2cccnc2)CC1. The zero-order valence-corrected chi connectivity index (χ0v) is 16.1. The van der Waals surface area contributed by atoms with E-state index in [1.807, 2.05) is 41.3 Å². The molecule has 5 heteroatoms. The van der Waals surface area contributed by atoms with Gasteiger partial charge in [0.25, 0.3) is 0 Å². The first-order valence-electron chi connectivity index (χ1n) is 10.1. The molecule has 0 bridgehead atoms. The molecule has 5 nitrogen and oxygen atoms in total. The molecule has 28 heavy (non-hydrogen) atoms. The Balaban J connectivity index is 1.55. The van der Waals surface area contributed by atoms with Crippen molar-refractivity contribution in [1.82, 2.24) is 9.88 Å². The van der Waals surface area contributed by atoms with Gasteiger partial charge in [-0.1, -0.05) is 31.2 Å². The molecular formula is C23H25N3O2. The van der Waals surface area contributed by atoms with Crippen molar-refractivity contribution in [3.63, 3.8) is 0 Å². The number of carbonyl (C=O) groups excluding carboxylic acids is 2. The van der Waals surface area contributed by atoms with Gasteiger partial charge in [-0.05, 0) is 54.4 Å². The van der Waals surface area contributed by atoms with E-state index in [9.17, 15) is 9.59 Å². The van der Waals surface area contributed by atoms with Gasteiger partial charge in [-0.3, -0.25) is 14.6 Å². The molecule has 1 aromatic heterocycles. The van der Waals surface area contributed by atoms with Crippen molar-refractivity contribution in [2.45, 2.75) is 50.5 Å². The second-order valence-corrected chi connectivity index (χ2v) is 8.81. The molecule has 2 aliphatic heterocycles. The zero-order valence-electron chi connectivity index (χ0n) is 16.1. The molecule has 2 unspecified atom stereocenters. The van der Waals surface area contributed by atoms with Gasteiger partial charge < -0.3 is 10.2 Å². The molecule has 2 atom stereocenters. The number of anilines is 1. The number of para-hydroxylation sites is 1. The van der Waals surface area contributed by atoms with Gasteiger partial charge in [-0.2, -0.15) is 0 Å². The number of nitrogens with one attached hydrogen (secondary N) is 1. The van der Waals surface area contributed by atoms with E-state index >= 15 is 0 Å². The van der Waals surface area contributed by atoms with Crippen molar-refractivity contribution >= 4 is 17.5 Å². The number of rotatable bonds is 4. The van der Waals surface area contributed by atoms with Crippen LogP contribution in [0.1, 0.15) is 56.2 Å². The Kier molecular flexibility index (Phi) is 3.83. The summed E-state index contributed by atoms with van der Waals surface area (Å²) in [4.78, 5) is 32.7. The molecule has 5 rings (SSSR count). The first-order valence-corrected chi connectivity index (χ1v) is 10.1. The predicted octanol–water partition coefficient (Wildman–Crippen LogP) is 3.83. The maximum Gasteiger partial charge on any atom is 0.237 e. The summed E-state index contributed by atoms with van der Waals surface area (Å²) in [5.74, 6) is 0.142. The number of fused-ring (bicyclic) bond motifs is 2. The number of benzene rings is 1. The Morgan fingerprint density at radius 3 is 2.79 bits per heavy atom. The van der Waals surface area contributed by atoms with Gasteiger partial charge >= 0.3 is 0 Å². The summed E-state index contributed by atoms with van der Waals surface area (Å²) in [5, 5.41) is 3.06. The summed E-state index contributed by atoms with van der Waals surface area (Å²) in [6.45, 7) is 2.85. The highest BCUT2D eigenvalue weighted by Crippen LogP contribution is 2.55. The third-order valence-electron chi connectivity index (χ3n) is 6.95. The van der Waals surface area contributed by atoms with Crippen LogP contribution < -0.4 is 5.32 Å². The fraction of sp³-hybridized carbons (Fsp3) is 0.435. The maximum absolute atomic E-state index is 13.3. The van der Waals surface area contributed by atoms with E-state index in [1.165, 1.54) is 12.8 Å². The summed E-state index contributed by atoms with van der Waals surface area (Å²) in [6.07, 6.45) is 8.07. The van der Waals surface area contributed by atoms with Crippen molar-refractivity contribution in [2.75, 3.05) is 11.9 Å². The van der Waals surface area contributed by atoms with E-state index in [4.69, 9.17) is 0 Å². The number of hydrogen-bond acceptors (Lipinski definition) is 3. The fourth-order valence-corrected chi connectivity index (χ4v) is 4.97. The normalized spacial score (nSPS) is 27.0. The van der Waals surface area contributed by atoms with Crippen LogP contribution in [0.5, 0.6) is 0 Å². The second-order valence-electron chi connectivity index (χ2n) is 8.81. The number of likely N-dealkylation sites (tertiary alicyclic amines) is 1. The van der Waals surface area contributed by atoms with Crippen molar-refractivity contribution in [1.29, 1.82) is 0 Å². The molecule has 3 heterocycles. The highest BCUT2D eigenvalue weighted by atomic mass is 16.2. The van der Waals surface area contributed by atoms with Crippen LogP contribution >= 0.6 is 0 Å². The molecule has 2 aromatic rings. The van der Waals surface area contributed by atoms with Crippen LogP contribution in [-0.2, 0) is 15.0 Å². The van der Waals surface area contributed by atoms with Gasteiger partial charge in [0.05, 0.1) is 6.04 Å². The minimum Gasteiger partial charge on any atom is -0.334 e. The second kappa shape index (κ2) is 6.16. The van der Waals surface area contributed by atoms with Crippen molar-refractivity contribution in [3.05, 3.63) is 59.9 Å². The lowest BCUT2D eigenvalue weighted by Gasteiger charge is -2.34. The average Bonchev–Trinajstić information content (AvgIpc) is 3.21. The molecule has 144 valence electrons. The average molecular weight is 375 g/mol. The Bertz CT molecular complexity index is 938. The smallest absolute Gasteiger partial charge is 0.237 e. The topological polar surface area (TPSA) is 62.3 Å². The number of pyridine rings is 1. The Labute approximate surface area is 165 Å². The van der Waals surface area contributed by atoms with Crippen LogP contribution in [0.3, 0.4) is 0 Å². The largest absolute Gasteiger partial charge is 0.334 e. The number of amides is 2. The third-order valence-corrected chi connectivity index (χ3v) is 6.95. The monoisotopic (exact) mass is 375 g/mol. The molecule has 1 saturated carbocycles. The maximum atomic E-state index is 13.3. The molecule has 2 amide bonds. The molecule has 1 spiro atoms. The summed E-state index contributed by atoms with van der Waals surface area (Å²) in [5.41, 5.74) is 2.39. The molecule has 2 fully saturated rings. The van der Waals surface area contributed by atoms with E-state index in [0.717, 1.165) is 23.2 Å². The summed E-state index contributed by atoms with van der Waals surface area (Å²) in [7, 11) is 0. The van der Waals surface area contributed by atoms with Gasteiger partial charge in [0.2, 0.25) is 11.8 Å². The van der Waals surface area contributed by atoms with Crippen LogP contribution in [0.15, 0.2) is 48.8 Å². The van der Waals surface area contributed by atoms with Crippen molar-refractivity contribution < 1.29 is 9.59 Å². The van der Waals surface area contributed by atoms with E-state index in [2.05, 4.69) is 17.2 Å². The highest BCUT2D eigenvalue weighted by molar-refractivity contribution is 6.07. The van der Waals surface area contributed by atoms with Gasteiger partial charge in [0, 0.05) is 31.0 Å². The van der Waals surface area contributed by atoms with Gasteiger partial charge in [0.15, 0.2) is 0 Å².